The van der Waals surface area contributed by atoms with Crippen LogP contribution in [-0.4, -0.2) is 46.5 Å². The fourth-order valence-electron chi connectivity index (χ4n) is 3.26. The maximum atomic E-state index is 12.7. The number of rotatable bonds is 6. The normalized spacial score (nSPS) is 15.2. The number of aromatic nitrogens is 3. The molecule has 3 rings (SSSR count). The SMILES string of the molecule is CNc1nc(C)nc(N2CCC(C(=O)NCc3ccccc3SC(F)(F)F)CC2)n1. The van der Waals surface area contributed by atoms with Gasteiger partial charge in [-0.15, -0.1) is 0 Å². The van der Waals surface area contributed by atoms with Crippen molar-refractivity contribution in [1.82, 2.24) is 20.3 Å². The number of halogens is 3. The Kier molecular flexibility index (Phi) is 7.01. The molecule has 1 aliphatic rings. The van der Waals surface area contributed by atoms with E-state index in [2.05, 4.69) is 25.6 Å². The second-order valence-corrected chi connectivity index (χ2v) is 8.00. The Bertz CT molecular complexity index is 887. The third-order valence-electron chi connectivity index (χ3n) is 4.76. The summed E-state index contributed by atoms with van der Waals surface area (Å²) in [7, 11) is 1.74. The Hall–Kier alpha value is -2.56. The predicted octanol–water partition coefficient (Wildman–Crippen LogP) is 3.37. The molecule has 2 N–H and O–H groups in total. The van der Waals surface area contributed by atoms with Gasteiger partial charge in [0, 0.05) is 37.5 Å². The van der Waals surface area contributed by atoms with E-state index in [4.69, 9.17) is 0 Å². The maximum Gasteiger partial charge on any atom is 0.446 e. The number of piperidine rings is 1. The lowest BCUT2D eigenvalue weighted by atomic mass is 9.96. The van der Waals surface area contributed by atoms with Crippen LogP contribution in [0.1, 0.15) is 24.2 Å². The second kappa shape index (κ2) is 9.50. The highest BCUT2D eigenvalue weighted by molar-refractivity contribution is 8.00. The number of carbonyl (C=O) groups excluding carboxylic acids is 1. The highest BCUT2D eigenvalue weighted by Gasteiger charge is 2.31. The first-order valence-electron chi connectivity index (χ1n) is 9.52. The number of nitrogens with zero attached hydrogens (tertiary/aromatic N) is 4. The van der Waals surface area contributed by atoms with Crippen molar-refractivity contribution in [3.8, 4) is 0 Å². The van der Waals surface area contributed by atoms with Gasteiger partial charge in [0.1, 0.15) is 5.82 Å². The van der Waals surface area contributed by atoms with E-state index in [9.17, 15) is 18.0 Å². The smallest absolute Gasteiger partial charge is 0.357 e. The molecule has 1 amide bonds. The van der Waals surface area contributed by atoms with Crippen molar-refractivity contribution < 1.29 is 18.0 Å². The lowest BCUT2D eigenvalue weighted by molar-refractivity contribution is -0.125. The minimum atomic E-state index is -4.37. The number of benzene rings is 1. The number of thioether (sulfide) groups is 1. The first-order valence-corrected chi connectivity index (χ1v) is 10.3. The fraction of sp³-hybridized carbons (Fsp3) is 0.474. The van der Waals surface area contributed by atoms with Crippen molar-refractivity contribution in [3.63, 3.8) is 0 Å². The Labute approximate surface area is 176 Å². The molecule has 0 unspecified atom stereocenters. The molecule has 0 saturated carbocycles. The van der Waals surface area contributed by atoms with Crippen LogP contribution in [0.25, 0.3) is 0 Å². The van der Waals surface area contributed by atoms with Gasteiger partial charge in [-0.25, -0.2) is 0 Å². The molecule has 0 atom stereocenters. The summed E-state index contributed by atoms with van der Waals surface area (Å²) >= 11 is -0.165. The van der Waals surface area contributed by atoms with E-state index in [1.54, 1.807) is 32.2 Å². The Balaban J connectivity index is 1.55. The zero-order chi connectivity index (χ0) is 21.7. The monoisotopic (exact) mass is 440 g/mol. The number of amides is 1. The first kappa shape index (κ1) is 22.1. The molecule has 0 radical (unpaired) electrons. The summed E-state index contributed by atoms with van der Waals surface area (Å²) in [5.74, 6) is 1.33. The summed E-state index contributed by atoms with van der Waals surface area (Å²) in [6.45, 7) is 3.09. The number of hydrogen-bond acceptors (Lipinski definition) is 7. The molecule has 0 bridgehead atoms. The van der Waals surface area contributed by atoms with Gasteiger partial charge in [-0.1, -0.05) is 18.2 Å². The molecule has 1 saturated heterocycles. The molecular weight excluding hydrogens is 417 g/mol. The second-order valence-electron chi connectivity index (χ2n) is 6.89. The largest absolute Gasteiger partial charge is 0.446 e. The third kappa shape index (κ3) is 5.97. The van der Waals surface area contributed by atoms with Crippen molar-refractivity contribution in [2.75, 3.05) is 30.4 Å². The Morgan fingerprint density at radius 1 is 1.20 bits per heavy atom. The van der Waals surface area contributed by atoms with Crippen molar-refractivity contribution >= 4 is 29.6 Å². The molecule has 1 aliphatic heterocycles. The number of nitrogens with one attached hydrogen (secondary N) is 2. The van der Waals surface area contributed by atoms with Crippen LogP contribution < -0.4 is 15.5 Å². The predicted molar refractivity (Wildman–Crippen MR) is 109 cm³/mol. The highest BCUT2D eigenvalue weighted by atomic mass is 32.2. The first-order chi connectivity index (χ1) is 14.2. The van der Waals surface area contributed by atoms with Gasteiger partial charge in [-0.2, -0.15) is 28.1 Å². The van der Waals surface area contributed by atoms with Crippen molar-refractivity contribution in [3.05, 3.63) is 35.7 Å². The molecule has 162 valence electrons. The molecule has 2 heterocycles. The van der Waals surface area contributed by atoms with Crippen molar-refractivity contribution in [1.29, 1.82) is 0 Å². The molecule has 30 heavy (non-hydrogen) atoms. The summed E-state index contributed by atoms with van der Waals surface area (Å²) in [4.78, 5) is 27.6. The van der Waals surface area contributed by atoms with Crippen molar-refractivity contribution in [2.24, 2.45) is 5.92 Å². The summed E-state index contributed by atoms with van der Waals surface area (Å²) in [5, 5.41) is 5.69. The molecular formula is C19H23F3N6OS. The topological polar surface area (TPSA) is 83.0 Å². The zero-order valence-electron chi connectivity index (χ0n) is 16.7. The molecule has 1 aromatic heterocycles. The summed E-state index contributed by atoms with van der Waals surface area (Å²) in [6.07, 6.45) is 1.23. The minimum absolute atomic E-state index is 0.0660. The fourth-order valence-corrected chi connectivity index (χ4v) is 3.93. The quantitative estimate of drug-likeness (QED) is 0.667. The summed E-state index contributed by atoms with van der Waals surface area (Å²) in [6, 6.07) is 6.22. The number of carbonyl (C=O) groups is 1. The average molecular weight is 440 g/mol. The highest BCUT2D eigenvalue weighted by Crippen LogP contribution is 2.38. The van der Waals surface area contributed by atoms with Crippen LogP contribution in [0.3, 0.4) is 0 Å². The van der Waals surface area contributed by atoms with Crippen molar-refractivity contribution in [2.45, 2.75) is 36.7 Å². The van der Waals surface area contributed by atoms with E-state index in [1.165, 1.54) is 6.07 Å². The molecule has 0 spiro atoms. The average Bonchev–Trinajstić information content (AvgIpc) is 2.71. The van der Waals surface area contributed by atoms with Gasteiger partial charge in [0.05, 0.1) is 0 Å². The Morgan fingerprint density at radius 2 is 1.90 bits per heavy atom. The van der Waals surface area contributed by atoms with Gasteiger partial charge in [0.25, 0.3) is 0 Å². The number of hydrogen-bond donors (Lipinski definition) is 2. The molecule has 11 heteroatoms. The van der Waals surface area contributed by atoms with Crippen LogP contribution in [0.15, 0.2) is 29.2 Å². The van der Waals surface area contributed by atoms with Crippen LogP contribution in [-0.2, 0) is 11.3 Å². The van der Waals surface area contributed by atoms with E-state index in [1.807, 2.05) is 4.90 Å². The van der Waals surface area contributed by atoms with Crippen LogP contribution in [0, 0.1) is 12.8 Å². The van der Waals surface area contributed by atoms with Crippen LogP contribution in [0.4, 0.5) is 25.1 Å². The van der Waals surface area contributed by atoms with E-state index < -0.39 is 5.51 Å². The molecule has 0 aliphatic carbocycles. The van der Waals surface area contributed by atoms with E-state index in [0.29, 0.717) is 49.2 Å². The van der Waals surface area contributed by atoms with Gasteiger partial charge in [-0.3, -0.25) is 4.79 Å². The van der Waals surface area contributed by atoms with Gasteiger partial charge in [0.15, 0.2) is 0 Å². The molecule has 1 aromatic carbocycles. The van der Waals surface area contributed by atoms with E-state index in [0.717, 1.165) is 0 Å². The van der Waals surface area contributed by atoms with E-state index in [-0.39, 0.29) is 35.0 Å². The molecule has 2 aromatic rings. The van der Waals surface area contributed by atoms with E-state index >= 15 is 0 Å². The Morgan fingerprint density at radius 3 is 2.57 bits per heavy atom. The lowest BCUT2D eigenvalue weighted by Gasteiger charge is -2.31. The maximum absolute atomic E-state index is 12.7. The standard InChI is InChI=1S/C19H23F3N6OS/c1-12-25-17(23-2)27-18(26-12)28-9-7-13(8-10-28)16(29)24-11-14-5-3-4-6-15(14)30-19(20,21)22/h3-6,13H,7-11H2,1-2H3,(H,24,29)(H,23,25,26,27). The number of aryl methyl sites for hydroxylation is 1. The minimum Gasteiger partial charge on any atom is -0.357 e. The number of anilines is 2. The van der Waals surface area contributed by atoms with Crippen LogP contribution in [0.2, 0.25) is 0 Å². The van der Waals surface area contributed by atoms with Gasteiger partial charge < -0.3 is 15.5 Å². The molecule has 1 fully saturated rings. The van der Waals surface area contributed by atoms with Gasteiger partial charge in [-0.05, 0) is 43.2 Å². The van der Waals surface area contributed by atoms with Gasteiger partial charge in [0.2, 0.25) is 17.8 Å². The van der Waals surface area contributed by atoms with Gasteiger partial charge >= 0.3 is 5.51 Å². The van der Waals surface area contributed by atoms with Crippen LogP contribution in [0.5, 0.6) is 0 Å². The third-order valence-corrected chi connectivity index (χ3v) is 5.61. The van der Waals surface area contributed by atoms with Crippen LogP contribution >= 0.6 is 11.8 Å². The lowest BCUT2D eigenvalue weighted by Crippen LogP contribution is -2.41. The zero-order valence-corrected chi connectivity index (χ0v) is 17.5. The molecule has 7 nitrogen and oxygen atoms in total. The summed E-state index contributed by atoms with van der Waals surface area (Å²) < 4.78 is 38.1. The summed E-state index contributed by atoms with van der Waals surface area (Å²) in [5.41, 5.74) is -3.92. The number of alkyl halides is 3.